The summed E-state index contributed by atoms with van der Waals surface area (Å²) in [6.45, 7) is 3.40. The Bertz CT molecular complexity index is 1120. The van der Waals surface area contributed by atoms with Crippen LogP contribution in [0.1, 0.15) is 18.9 Å². The minimum Gasteiger partial charge on any atom is -0.457 e. The molecule has 2 aromatic rings. The molecule has 2 fully saturated rings. The molecule has 2 aliphatic rings. The Kier molecular flexibility index (Phi) is 6.33. The van der Waals surface area contributed by atoms with Crippen molar-refractivity contribution in [1.82, 2.24) is 4.90 Å². The minimum absolute atomic E-state index is 0.0241. The van der Waals surface area contributed by atoms with Crippen LogP contribution in [0.2, 0.25) is 0 Å². The largest absolute Gasteiger partial charge is 0.457 e. The Labute approximate surface area is 193 Å². The molecule has 0 spiro atoms. The Hall–Kier alpha value is -3.83. The molecule has 0 aromatic heterocycles. The number of rotatable bonds is 7. The molecule has 2 aromatic carbocycles. The van der Waals surface area contributed by atoms with Gasteiger partial charge < -0.3 is 21.9 Å². The highest BCUT2D eigenvalue weighted by atomic mass is 16.5. The van der Waals surface area contributed by atoms with Gasteiger partial charge in [-0.15, -0.1) is 0 Å². The lowest BCUT2D eigenvalue weighted by Crippen LogP contribution is -2.38. The summed E-state index contributed by atoms with van der Waals surface area (Å²) in [5.41, 5.74) is 19.0. The molecule has 33 heavy (non-hydrogen) atoms. The maximum absolute atomic E-state index is 12.3. The second kappa shape index (κ2) is 9.35. The molecule has 1 amide bonds. The molecule has 0 radical (unpaired) electrons. The Morgan fingerprint density at radius 2 is 1.79 bits per heavy atom. The van der Waals surface area contributed by atoms with Gasteiger partial charge in [0.05, 0.1) is 24.4 Å². The minimum atomic E-state index is -0.722. The highest BCUT2D eigenvalue weighted by Crippen LogP contribution is 2.44. The number of nitrogens with zero attached hydrogens (tertiary/aromatic N) is 3. The van der Waals surface area contributed by atoms with Gasteiger partial charge in [-0.3, -0.25) is 14.7 Å². The molecule has 4 unspecified atom stereocenters. The van der Waals surface area contributed by atoms with Crippen LogP contribution in [0.25, 0.3) is 5.70 Å². The first-order chi connectivity index (χ1) is 15.9. The molecule has 6 N–H and O–H groups in total. The molecule has 1 saturated carbocycles. The van der Waals surface area contributed by atoms with Gasteiger partial charge in [0, 0.05) is 12.6 Å². The first-order valence-corrected chi connectivity index (χ1v) is 11.0. The van der Waals surface area contributed by atoms with Crippen molar-refractivity contribution in [3.05, 3.63) is 65.7 Å². The van der Waals surface area contributed by atoms with Crippen molar-refractivity contribution in [3.8, 4) is 17.6 Å². The lowest BCUT2D eigenvalue weighted by atomic mass is 9.97. The van der Waals surface area contributed by atoms with Gasteiger partial charge >= 0.3 is 0 Å². The van der Waals surface area contributed by atoms with E-state index in [1.807, 2.05) is 30.3 Å². The van der Waals surface area contributed by atoms with Crippen LogP contribution in [0.4, 0.5) is 0 Å². The summed E-state index contributed by atoms with van der Waals surface area (Å²) in [5.74, 6) is 1.39. The van der Waals surface area contributed by atoms with E-state index in [9.17, 15) is 4.79 Å². The monoisotopic (exact) mass is 444 g/mol. The fourth-order valence-electron chi connectivity index (χ4n) is 4.98. The number of carbonyl (C=O) groups is 1. The molecule has 4 atom stereocenters. The highest BCUT2D eigenvalue weighted by Gasteiger charge is 2.50. The number of primary amides is 1. The maximum Gasteiger partial charge on any atom is 0.254 e. The second-order valence-corrected chi connectivity index (χ2v) is 8.59. The summed E-state index contributed by atoms with van der Waals surface area (Å²) in [4.78, 5) is 19.1. The van der Waals surface area contributed by atoms with Crippen molar-refractivity contribution in [3.63, 3.8) is 0 Å². The van der Waals surface area contributed by atoms with Gasteiger partial charge in [0.2, 0.25) is 0 Å². The summed E-state index contributed by atoms with van der Waals surface area (Å²) in [7, 11) is 0. The van der Waals surface area contributed by atoms with Crippen LogP contribution >= 0.6 is 0 Å². The third-order valence-corrected chi connectivity index (χ3v) is 6.67. The summed E-state index contributed by atoms with van der Waals surface area (Å²) >= 11 is 0. The number of nitrogens with two attached hydrogens (primary N) is 3. The summed E-state index contributed by atoms with van der Waals surface area (Å²) in [5, 5.41) is 9.03. The molecule has 4 rings (SSSR count). The van der Waals surface area contributed by atoms with E-state index in [1.54, 1.807) is 24.3 Å². The smallest absolute Gasteiger partial charge is 0.254 e. The van der Waals surface area contributed by atoms with E-state index in [1.165, 1.54) is 0 Å². The van der Waals surface area contributed by atoms with Crippen molar-refractivity contribution < 1.29 is 9.53 Å². The first-order valence-electron chi connectivity index (χ1n) is 11.0. The molecular formula is C25H28N6O2. The van der Waals surface area contributed by atoms with Crippen LogP contribution in [0, 0.1) is 23.2 Å². The van der Waals surface area contributed by atoms with Crippen LogP contribution in [0.5, 0.6) is 11.5 Å². The van der Waals surface area contributed by atoms with Gasteiger partial charge in [-0.1, -0.05) is 25.1 Å². The molecule has 1 aliphatic carbocycles. The van der Waals surface area contributed by atoms with E-state index < -0.39 is 5.91 Å². The van der Waals surface area contributed by atoms with E-state index in [0.29, 0.717) is 29.8 Å². The standard InChI is InChI=1S/C25H28N6O2/c1-15-19-14-31(12-11-26)21(15)13-20(19)30-24(28)22(25(29)32)23(27)16-7-9-18(10-8-16)33-17-5-3-2-4-6-17/h2-10,15,19-21H,12-14,27H2,1H3,(H2,28,30)(H2,29,32). The molecule has 8 heteroatoms. The van der Waals surface area contributed by atoms with E-state index in [0.717, 1.165) is 18.7 Å². The lowest BCUT2D eigenvalue weighted by molar-refractivity contribution is -0.114. The topological polar surface area (TPSA) is 144 Å². The fraction of sp³-hybridized carbons (Fsp3) is 0.320. The van der Waals surface area contributed by atoms with Gasteiger partial charge in [0.25, 0.3) is 5.91 Å². The molecule has 8 nitrogen and oxygen atoms in total. The van der Waals surface area contributed by atoms with Gasteiger partial charge in [-0.05, 0) is 60.2 Å². The van der Waals surface area contributed by atoms with E-state index in [2.05, 4.69) is 22.9 Å². The van der Waals surface area contributed by atoms with Gasteiger partial charge in [0.1, 0.15) is 22.9 Å². The SMILES string of the molecule is CC1C2CN(CC#N)C1CC2N=C(N)C(C(N)=O)=C(N)c1ccc(Oc2ccccc2)cc1. The number of fused-ring (bicyclic) bond motifs is 2. The molecule has 2 bridgehead atoms. The predicted molar refractivity (Wildman–Crippen MR) is 127 cm³/mol. The number of piperidine rings is 1. The number of para-hydroxylation sites is 1. The summed E-state index contributed by atoms with van der Waals surface area (Å²) < 4.78 is 5.80. The molecule has 1 aliphatic heterocycles. The molecule has 170 valence electrons. The molecule has 1 heterocycles. The Morgan fingerprint density at radius 3 is 2.36 bits per heavy atom. The number of ether oxygens (including phenoxy) is 1. The first kappa shape index (κ1) is 22.4. The quantitative estimate of drug-likeness (QED) is 0.258. The Balaban J connectivity index is 1.54. The second-order valence-electron chi connectivity index (χ2n) is 8.59. The van der Waals surface area contributed by atoms with Crippen LogP contribution in [-0.2, 0) is 4.79 Å². The van der Waals surface area contributed by atoms with E-state index in [-0.39, 0.29) is 29.1 Å². The number of amides is 1. The predicted octanol–water partition coefficient (Wildman–Crippen LogP) is 2.22. The average molecular weight is 445 g/mol. The van der Waals surface area contributed by atoms with Crippen molar-refractivity contribution in [2.24, 2.45) is 34.0 Å². The fourth-order valence-corrected chi connectivity index (χ4v) is 4.98. The summed E-state index contributed by atoms with van der Waals surface area (Å²) in [6, 6.07) is 19.0. The van der Waals surface area contributed by atoms with Gasteiger partial charge in [-0.2, -0.15) is 5.26 Å². The number of nitriles is 1. The molecular weight excluding hydrogens is 416 g/mol. The van der Waals surface area contributed by atoms with Crippen LogP contribution < -0.4 is 21.9 Å². The van der Waals surface area contributed by atoms with E-state index in [4.69, 9.17) is 27.2 Å². The number of hydrogen-bond donors (Lipinski definition) is 3. The van der Waals surface area contributed by atoms with Gasteiger partial charge in [0.15, 0.2) is 0 Å². The van der Waals surface area contributed by atoms with Gasteiger partial charge in [-0.25, -0.2) is 0 Å². The number of benzene rings is 2. The zero-order chi connectivity index (χ0) is 23.5. The zero-order valence-electron chi connectivity index (χ0n) is 18.5. The molecule has 1 saturated heterocycles. The number of hydrogen-bond acceptors (Lipinski definition) is 6. The third kappa shape index (κ3) is 4.54. The Morgan fingerprint density at radius 1 is 1.12 bits per heavy atom. The van der Waals surface area contributed by atoms with Crippen molar-refractivity contribution in [1.29, 1.82) is 5.26 Å². The lowest BCUT2D eigenvalue weighted by Gasteiger charge is -2.28. The van der Waals surface area contributed by atoms with Crippen LogP contribution in [0.15, 0.2) is 65.2 Å². The van der Waals surface area contributed by atoms with Crippen molar-refractivity contribution in [2.45, 2.75) is 25.4 Å². The average Bonchev–Trinajstić information content (AvgIpc) is 3.25. The van der Waals surface area contributed by atoms with Crippen molar-refractivity contribution in [2.75, 3.05) is 13.1 Å². The number of aliphatic imine (C=N–C) groups is 1. The number of carbonyl (C=O) groups excluding carboxylic acids is 1. The third-order valence-electron chi connectivity index (χ3n) is 6.67. The van der Waals surface area contributed by atoms with Crippen LogP contribution in [0.3, 0.4) is 0 Å². The normalized spacial score (nSPS) is 25.4. The number of likely N-dealkylation sites (tertiary alicyclic amines) is 1. The van der Waals surface area contributed by atoms with Crippen molar-refractivity contribution >= 4 is 17.4 Å². The van der Waals surface area contributed by atoms with Crippen LogP contribution in [-0.4, -0.2) is 41.8 Å². The number of amidine groups is 1. The van der Waals surface area contributed by atoms with E-state index >= 15 is 0 Å². The zero-order valence-corrected chi connectivity index (χ0v) is 18.5. The summed E-state index contributed by atoms with van der Waals surface area (Å²) in [6.07, 6.45) is 0.797. The highest BCUT2D eigenvalue weighted by molar-refractivity contribution is 6.24. The maximum atomic E-state index is 12.3.